The van der Waals surface area contributed by atoms with Crippen LogP contribution in [0.1, 0.15) is 66.7 Å². The molecule has 0 aliphatic heterocycles. The molecule has 0 saturated heterocycles. The van der Waals surface area contributed by atoms with Gasteiger partial charge < -0.3 is 0 Å². The second kappa shape index (κ2) is 3.63. The molecule has 0 radical (unpaired) electrons. The number of hydrogen-bond acceptors (Lipinski definition) is 0. The minimum Gasteiger partial charge on any atom is -0.0602 e. The predicted octanol–water partition coefficient (Wildman–Crippen LogP) is 4.64. The van der Waals surface area contributed by atoms with Gasteiger partial charge in [-0.05, 0) is 48.9 Å². The third-order valence-corrected chi connectivity index (χ3v) is 3.36. The van der Waals surface area contributed by atoms with Gasteiger partial charge in [0.05, 0.1) is 0 Å². The lowest BCUT2D eigenvalue weighted by Crippen LogP contribution is -2.24. The summed E-state index contributed by atoms with van der Waals surface area (Å²) in [6.07, 6.45) is 7.22. The Hall–Kier alpha value is 0. The van der Waals surface area contributed by atoms with Crippen LogP contribution in [0.25, 0.3) is 0 Å². The summed E-state index contributed by atoms with van der Waals surface area (Å²) in [6.45, 7) is 11.9. The second-order valence-electron chi connectivity index (χ2n) is 6.87. The van der Waals surface area contributed by atoms with Crippen molar-refractivity contribution in [3.63, 3.8) is 0 Å². The fraction of sp³-hybridized carbons (Fsp3) is 1.00. The molecule has 0 spiro atoms. The van der Waals surface area contributed by atoms with Gasteiger partial charge in [0.2, 0.25) is 0 Å². The van der Waals surface area contributed by atoms with Crippen molar-refractivity contribution in [1.82, 2.24) is 0 Å². The minimum atomic E-state index is 0.534. The topological polar surface area (TPSA) is 0 Å². The zero-order valence-electron chi connectivity index (χ0n) is 10.1. The molecule has 78 valence electrons. The summed E-state index contributed by atoms with van der Waals surface area (Å²) in [7, 11) is 0. The van der Waals surface area contributed by atoms with Crippen LogP contribution in [0.5, 0.6) is 0 Å². The van der Waals surface area contributed by atoms with Crippen molar-refractivity contribution in [2.24, 2.45) is 16.7 Å². The van der Waals surface area contributed by atoms with Crippen LogP contribution >= 0.6 is 0 Å². The normalized spacial score (nSPS) is 24.7. The van der Waals surface area contributed by atoms with Gasteiger partial charge in [0.25, 0.3) is 0 Å². The molecule has 0 amide bonds. The van der Waals surface area contributed by atoms with E-state index in [0.29, 0.717) is 10.8 Å². The van der Waals surface area contributed by atoms with E-state index >= 15 is 0 Å². The van der Waals surface area contributed by atoms with E-state index in [2.05, 4.69) is 34.6 Å². The summed E-state index contributed by atoms with van der Waals surface area (Å²) in [4.78, 5) is 0. The van der Waals surface area contributed by atoms with Crippen molar-refractivity contribution in [2.75, 3.05) is 0 Å². The highest BCUT2D eigenvalue weighted by Crippen LogP contribution is 2.41. The molecule has 0 aromatic rings. The Balaban J connectivity index is 2.34. The third kappa shape index (κ3) is 4.15. The molecule has 1 rings (SSSR count). The Morgan fingerprint density at radius 2 is 1.54 bits per heavy atom. The molecule has 0 aromatic heterocycles. The SMILES string of the molecule is CC(C)(C)CC1CCC(C)(C)CC1. The van der Waals surface area contributed by atoms with Gasteiger partial charge in [-0.1, -0.05) is 34.6 Å². The standard InChI is InChI=1S/C13H26/c1-12(2,3)10-11-6-8-13(4,5)9-7-11/h11H,6-10H2,1-5H3. The molecule has 0 aromatic carbocycles. The first-order valence-electron chi connectivity index (χ1n) is 5.79. The number of hydrogen-bond donors (Lipinski definition) is 0. The summed E-state index contributed by atoms with van der Waals surface area (Å²) >= 11 is 0. The molecule has 1 aliphatic carbocycles. The lowest BCUT2D eigenvalue weighted by Gasteiger charge is -2.36. The van der Waals surface area contributed by atoms with E-state index in [1.807, 2.05) is 0 Å². The van der Waals surface area contributed by atoms with Gasteiger partial charge in [-0.15, -0.1) is 0 Å². The highest BCUT2D eigenvalue weighted by Gasteiger charge is 2.28. The van der Waals surface area contributed by atoms with Crippen molar-refractivity contribution in [3.8, 4) is 0 Å². The zero-order chi connectivity index (χ0) is 10.1. The first-order valence-corrected chi connectivity index (χ1v) is 5.79. The average molecular weight is 182 g/mol. The Morgan fingerprint density at radius 1 is 1.08 bits per heavy atom. The van der Waals surface area contributed by atoms with Crippen LogP contribution in [0, 0.1) is 16.7 Å². The highest BCUT2D eigenvalue weighted by molar-refractivity contribution is 4.80. The first-order chi connectivity index (χ1) is 5.79. The molecule has 0 nitrogen and oxygen atoms in total. The summed E-state index contributed by atoms with van der Waals surface area (Å²) in [5.74, 6) is 1.01. The molecular formula is C13H26. The van der Waals surface area contributed by atoms with Crippen LogP contribution in [0.4, 0.5) is 0 Å². The fourth-order valence-corrected chi connectivity index (χ4v) is 2.53. The smallest absolute Gasteiger partial charge is 0.0354 e. The molecule has 13 heavy (non-hydrogen) atoms. The molecular weight excluding hydrogens is 156 g/mol. The summed E-state index contributed by atoms with van der Waals surface area (Å²) in [6, 6.07) is 0. The van der Waals surface area contributed by atoms with Crippen LogP contribution in [0.2, 0.25) is 0 Å². The Kier molecular flexibility index (Phi) is 3.09. The minimum absolute atomic E-state index is 0.534. The van der Waals surface area contributed by atoms with Gasteiger partial charge >= 0.3 is 0 Å². The second-order valence-corrected chi connectivity index (χ2v) is 6.87. The van der Waals surface area contributed by atoms with E-state index in [1.165, 1.54) is 32.1 Å². The van der Waals surface area contributed by atoms with Crippen molar-refractivity contribution < 1.29 is 0 Å². The van der Waals surface area contributed by atoms with Gasteiger partial charge in [0.1, 0.15) is 0 Å². The maximum Gasteiger partial charge on any atom is -0.0354 e. The molecule has 0 atom stereocenters. The van der Waals surface area contributed by atoms with Crippen LogP contribution in [-0.2, 0) is 0 Å². The first kappa shape index (κ1) is 11.1. The van der Waals surface area contributed by atoms with E-state index in [1.54, 1.807) is 0 Å². The lowest BCUT2D eigenvalue weighted by atomic mass is 9.69. The molecule has 0 unspecified atom stereocenters. The van der Waals surface area contributed by atoms with E-state index < -0.39 is 0 Å². The number of rotatable bonds is 1. The Morgan fingerprint density at radius 3 is 1.92 bits per heavy atom. The van der Waals surface area contributed by atoms with Gasteiger partial charge in [-0.25, -0.2) is 0 Å². The maximum atomic E-state index is 2.42. The fourth-order valence-electron chi connectivity index (χ4n) is 2.53. The van der Waals surface area contributed by atoms with Gasteiger partial charge in [0, 0.05) is 0 Å². The molecule has 0 heteroatoms. The van der Waals surface area contributed by atoms with Crippen molar-refractivity contribution in [3.05, 3.63) is 0 Å². The lowest BCUT2D eigenvalue weighted by molar-refractivity contribution is 0.154. The van der Waals surface area contributed by atoms with E-state index in [9.17, 15) is 0 Å². The van der Waals surface area contributed by atoms with Crippen LogP contribution in [0.15, 0.2) is 0 Å². The van der Waals surface area contributed by atoms with Crippen LogP contribution < -0.4 is 0 Å². The van der Waals surface area contributed by atoms with Gasteiger partial charge in [0.15, 0.2) is 0 Å². The monoisotopic (exact) mass is 182 g/mol. The highest BCUT2D eigenvalue weighted by atomic mass is 14.3. The van der Waals surface area contributed by atoms with E-state index in [0.717, 1.165) is 5.92 Å². The maximum absolute atomic E-state index is 2.42. The van der Waals surface area contributed by atoms with Gasteiger partial charge in [-0.3, -0.25) is 0 Å². The van der Waals surface area contributed by atoms with Crippen molar-refractivity contribution in [2.45, 2.75) is 66.7 Å². The average Bonchev–Trinajstić information content (AvgIpc) is 1.91. The Labute approximate surface area is 84.1 Å². The van der Waals surface area contributed by atoms with E-state index in [4.69, 9.17) is 0 Å². The van der Waals surface area contributed by atoms with Crippen LogP contribution in [-0.4, -0.2) is 0 Å². The predicted molar refractivity (Wildman–Crippen MR) is 59.8 cm³/mol. The zero-order valence-corrected chi connectivity index (χ0v) is 10.1. The summed E-state index contributed by atoms with van der Waals surface area (Å²) < 4.78 is 0. The van der Waals surface area contributed by atoms with Gasteiger partial charge in [-0.2, -0.15) is 0 Å². The van der Waals surface area contributed by atoms with Crippen LogP contribution in [0.3, 0.4) is 0 Å². The quantitative estimate of drug-likeness (QED) is 0.554. The molecule has 1 aliphatic rings. The van der Waals surface area contributed by atoms with E-state index in [-0.39, 0.29) is 0 Å². The molecule has 0 N–H and O–H groups in total. The molecule has 1 saturated carbocycles. The molecule has 1 fully saturated rings. The summed E-state index contributed by atoms with van der Waals surface area (Å²) in [5, 5.41) is 0. The molecule has 0 bridgehead atoms. The summed E-state index contributed by atoms with van der Waals surface area (Å²) in [5.41, 5.74) is 1.17. The third-order valence-electron chi connectivity index (χ3n) is 3.36. The molecule has 0 heterocycles. The van der Waals surface area contributed by atoms with Crippen molar-refractivity contribution in [1.29, 1.82) is 0 Å². The largest absolute Gasteiger partial charge is 0.0602 e. The van der Waals surface area contributed by atoms with Crippen molar-refractivity contribution >= 4 is 0 Å². The Bertz CT molecular complexity index is 149.